The number of nitrogens with two attached hydrogens (primary N) is 1. The number of urea groups is 1. The van der Waals surface area contributed by atoms with Crippen LogP contribution < -0.4 is 55.8 Å². The zero-order chi connectivity index (χ0) is 93.5. The number of unbranched alkanes of at least 4 members (excludes halogenated alkanes) is 1. The normalized spacial score (nSPS) is 13.4. The average molecular weight is 1830 g/mol. The van der Waals surface area contributed by atoms with Crippen molar-refractivity contribution in [3.63, 3.8) is 0 Å². The van der Waals surface area contributed by atoms with Crippen molar-refractivity contribution in [2.24, 2.45) is 11.7 Å². The Labute approximate surface area is 752 Å². The number of carbonyl (C=O) groups excluding carboxylic acids is 8. The average Bonchev–Trinajstić information content (AvgIpc) is 1.61. The number of primary amides is 1. The molecule has 129 heavy (non-hydrogen) atoms. The Morgan fingerprint density at radius 3 is 2.13 bits per heavy atom. The van der Waals surface area contributed by atoms with Crippen LogP contribution in [0.3, 0.4) is 0 Å². The van der Waals surface area contributed by atoms with E-state index in [1.54, 1.807) is 97.5 Å². The van der Waals surface area contributed by atoms with E-state index < -0.39 is 103 Å². The first-order chi connectivity index (χ1) is 61.6. The summed E-state index contributed by atoms with van der Waals surface area (Å²) in [7, 11) is 7.19. The highest BCUT2D eigenvalue weighted by molar-refractivity contribution is 7.22. The number of anilines is 1. The summed E-state index contributed by atoms with van der Waals surface area (Å²) in [5.41, 5.74) is 12.2. The van der Waals surface area contributed by atoms with E-state index >= 15 is 0 Å². The van der Waals surface area contributed by atoms with Crippen LogP contribution in [0.2, 0.25) is 5.02 Å². The number of esters is 3. The SMILES string of the molecule is C#CCOC(=O)N[C@@H](CCCCOC(=O)OC(C)(C)C)C(=O)O[C@H](C(=O)O[C@@H](CCCNC(N)=O)C(=O)Nc1ccc(C[N+]2(C)CCN(CCOc3ccc(-c4c(-c5ccc(F)cc5)sc5ncnc(O[C@H](Cc6ccccc6OCc6ccnc(-c7ccccc7OC)n6)C(=O)OCc6ccc(OC)cc6)c45)c(C)c3Cl)CC2)c(CNC)c1)C(C)C.O=C([O-])C(F)(F)F. The van der Waals surface area contributed by atoms with E-state index in [2.05, 4.69) is 44.1 Å². The lowest BCUT2D eigenvalue weighted by Gasteiger charge is -2.42. The second-order valence-corrected chi connectivity index (χ2v) is 32.8. The van der Waals surface area contributed by atoms with Gasteiger partial charge in [0.2, 0.25) is 18.1 Å². The molecule has 1 aliphatic rings. The van der Waals surface area contributed by atoms with Gasteiger partial charge in [0.05, 0.1) is 62.6 Å². The number of halogens is 5. The molecule has 1 saturated heterocycles. The molecule has 3 aromatic heterocycles. The van der Waals surface area contributed by atoms with E-state index in [-0.39, 0.29) is 70.8 Å². The van der Waals surface area contributed by atoms with Gasteiger partial charge in [0.25, 0.3) is 5.91 Å². The fourth-order valence-corrected chi connectivity index (χ4v) is 14.9. The Morgan fingerprint density at radius 1 is 0.744 bits per heavy atom. The number of aromatic nitrogens is 4. The Bertz CT molecular complexity index is 5380. The highest BCUT2D eigenvalue weighted by Gasteiger charge is 2.38. The molecule has 4 heterocycles. The standard InChI is InChI=1S/C90H103ClFN11O18S.C2HF3O2/c1-12-46-114-88(109)101-69(22-17-18-47-115-89(110)121-90(5,6)7)84(105)120-78(56(2)3)86(107)119-73(25-19-39-96-87(93)108)81(104)100-64-33-30-61(62(49-64)51-94-8)52-103(9)44-41-102(42-45-103)43-48-113-72-37-36-67(57(4)77(72)91)75-76-82(97-55-98-83(76)122-79(75)59-28-31-63(92)32-29-59)118-74(85(106)117-53-58-26-34-66(111-10)35-27-58)50-60-20-13-15-23-70(60)116-54-65-38-40-95-80(99-65)68-21-14-16-24-71(68)112-11;3-2(4,5)1(6)7/h1,13-16,20-21,23-24,26-38,40,49,55-56,69,73-74,78,94H,17-19,22,25,39,41-48,50-54H2,2-11H3,(H4-,93,96,100,101,104,108,109);(H,6,7)/t69-,73-,74+,78-;/m0./s1. The number of quaternary nitrogens is 1. The molecule has 31 nitrogen and oxygen atoms in total. The quantitative estimate of drug-likeness (QED) is 0.00593. The van der Waals surface area contributed by atoms with E-state index in [1.807, 2.05) is 92.8 Å². The fraction of sp³-hybridized carbons (Fsp3) is 0.391. The number of carbonyl (C=O) groups is 8. The first-order valence-electron chi connectivity index (χ1n) is 41.2. The number of amides is 4. The molecular formula is C92H104ClF4N11O20S. The van der Waals surface area contributed by atoms with E-state index in [0.717, 1.165) is 37.3 Å². The molecule has 0 aliphatic carbocycles. The highest BCUT2D eigenvalue weighted by atomic mass is 35.5. The van der Waals surface area contributed by atoms with Crippen LogP contribution in [0.1, 0.15) is 100 Å². The molecule has 10 rings (SSSR count). The van der Waals surface area contributed by atoms with Crippen LogP contribution in [0.25, 0.3) is 43.2 Å². The Morgan fingerprint density at radius 2 is 1.46 bits per heavy atom. The molecule has 4 amide bonds. The van der Waals surface area contributed by atoms with Gasteiger partial charge in [0, 0.05) is 73.0 Å². The van der Waals surface area contributed by atoms with Gasteiger partial charge in [-0.3, -0.25) is 9.69 Å². The summed E-state index contributed by atoms with van der Waals surface area (Å²) in [6.07, 6.45) is -2.56. The van der Waals surface area contributed by atoms with Gasteiger partial charge in [0.1, 0.15) is 84.0 Å². The molecule has 9 aromatic rings. The summed E-state index contributed by atoms with van der Waals surface area (Å²) in [5.74, 6) is -2.65. The number of aliphatic carboxylic acids is 1. The van der Waals surface area contributed by atoms with Crippen molar-refractivity contribution in [2.75, 3.05) is 92.7 Å². The summed E-state index contributed by atoms with van der Waals surface area (Å²) in [6.45, 7) is 14.9. The lowest BCUT2D eigenvalue weighted by atomic mass is 9.96. The molecule has 1 fully saturated rings. The van der Waals surface area contributed by atoms with Crippen molar-refractivity contribution >= 4 is 86.9 Å². The van der Waals surface area contributed by atoms with Gasteiger partial charge in [-0.05, 0) is 167 Å². The lowest BCUT2D eigenvalue weighted by Crippen LogP contribution is -2.57. The summed E-state index contributed by atoms with van der Waals surface area (Å²) in [4.78, 5) is 125. The molecule has 0 radical (unpaired) electrons. The van der Waals surface area contributed by atoms with E-state index in [1.165, 1.54) is 29.8 Å². The van der Waals surface area contributed by atoms with Crippen LogP contribution in [0.15, 0.2) is 146 Å². The van der Waals surface area contributed by atoms with Gasteiger partial charge >= 0.3 is 42.4 Å². The van der Waals surface area contributed by atoms with Crippen molar-refractivity contribution in [1.82, 2.24) is 40.8 Å². The van der Waals surface area contributed by atoms with Crippen molar-refractivity contribution in [2.45, 2.75) is 143 Å². The molecule has 0 unspecified atom stereocenters. The third-order valence-corrected chi connectivity index (χ3v) is 21.8. The molecule has 6 aromatic carbocycles. The molecule has 6 N–H and O–H groups in total. The monoisotopic (exact) mass is 1830 g/mol. The van der Waals surface area contributed by atoms with Crippen molar-refractivity contribution < 1.29 is 118 Å². The summed E-state index contributed by atoms with van der Waals surface area (Å²) >= 11 is 8.74. The molecule has 0 bridgehead atoms. The Kier molecular flexibility index (Phi) is 36.9. The Hall–Kier alpha value is -13.0. The minimum atomic E-state index is -5.19. The molecule has 0 saturated carbocycles. The van der Waals surface area contributed by atoms with Crippen molar-refractivity contribution in [1.29, 1.82) is 0 Å². The smallest absolute Gasteiger partial charge is 0.508 e. The number of methoxy groups -OCH3 is 2. The molecule has 0 spiro atoms. The molecule has 37 heteroatoms. The van der Waals surface area contributed by atoms with Crippen LogP contribution in [-0.2, 0) is 85.1 Å². The number of ether oxygens (including phenoxy) is 11. The van der Waals surface area contributed by atoms with Crippen molar-refractivity contribution in [3.8, 4) is 74.2 Å². The van der Waals surface area contributed by atoms with E-state index in [9.17, 15) is 51.1 Å². The van der Waals surface area contributed by atoms with Gasteiger partial charge in [-0.1, -0.05) is 98.1 Å². The van der Waals surface area contributed by atoms with Crippen LogP contribution in [0, 0.1) is 31.0 Å². The summed E-state index contributed by atoms with van der Waals surface area (Å²) in [6, 6.07) is 37.1. The van der Waals surface area contributed by atoms with Gasteiger partial charge in [-0.15, -0.1) is 17.8 Å². The van der Waals surface area contributed by atoms with E-state index in [0.29, 0.717) is 130 Å². The number of rotatable bonds is 41. The number of carboxylic acids is 1. The molecule has 1 aliphatic heterocycles. The lowest BCUT2D eigenvalue weighted by molar-refractivity contribution is -0.926. The third kappa shape index (κ3) is 30.1. The number of nitrogens with one attached hydrogen (secondary N) is 4. The number of likely N-dealkylation sites (N-methyl/N-ethyl adjacent to an activating group) is 1. The number of piperazine rings is 1. The number of para-hydroxylation sites is 2. The highest BCUT2D eigenvalue weighted by Crippen LogP contribution is 2.50. The zero-order valence-corrected chi connectivity index (χ0v) is 74.6. The maximum atomic E-state index is 14.8. The second-order valence-electron chi connectivity index (χ2n) is 31.4. The number of carboxylic acid groups (broad SMARTS) is 1. The predicted octanol–water partition coefficient (Wildman–Crippen LogP) is 13.0. The van der Waals surface area contributed by atoms with Crippen LogP contribution in [-0.4, -0.2) is 201 Å². The number of thiophene rings is 1. The number of hydrogen-bond donors (Lipinski definition) is 5. The molecular weight excluding hydrogens is 1720 g/mol. The first-order valence-corrected chi connectivity index (χ1v) is 42.4. The maximum absolute atomic E-state index is 14.8. The van der Waals surface area contributed by atoms with Crippen LogP contribution in [0.5, 0.6) is 28.9 Å². The summed E-state index contributed by atoms with van der Waals surface area (Å²) < 4.78 is 111. The van der Waals surface area contributed by atoms with Gasteiger partial charge in [-0.25, -0.2) is 53.1 Å². The molecule has 688 valence electrons. The first kappa shape index (κ1) is 99.8. The number of nitrogens with zero attached hydrogens (tertiary/aromatic N) is 6. The van der Waals surface area contributed by atoms with Gasteiger partial charge < -0.3 is 93.5 Å². The summed E-state index contributed by atoms with van der Waals surface area (Å²) in [5, 5.41) is 20.7. The third-order valence-electron chi connectivity index (χ3n) is 20.2. The maximum Gasteiger partial charge on any atom is 0.508 e. The predicted molar refractivity (Wildman–Crippen MR) is 469 cm³/mol. The topological polar surface area (TPSA) is 390 Å². The number of hydrogen-bond acceptors (Lipinski definition) is 27. The van der Waals surface area contributed by atoms with Gasteiger partial charge in [0.15, 0.2) is 18.5 Å². The molecule has 4 atom stereocenters. The van der Waals surface area contributed by atoms with Crippen LogP contribution in [0.4, 0.5) is 37.6 Å². The number of fused-ring (bicyclic) bond motifs is 1. The van der Waals surface area contributed by atoms with Crippen LogP contribution >= 0.6 is 22.9 Å². The minimum Gasteiger partial charge on any atom is -0.542 e. The Balaban J connectivity index is 0.00000257. The number of terminal acetylenes is 1. The zero-order valence-electron chi connectivity index (χ0n) is 73.0. The second kappa shape index (κ2) is 47.7. The fourth-order valence-electron chi connectivity index (χ4n) is 13.5. The minimum absolute atomic E-state index is 0.0269. The number of benzene rings is 6. The number of alkyl halides is 3. The van der Waals surface area contributed by atoms with Gasteiger partial charge in [-0.2, -0.15) is 13.2 Å². The largest absolute Gasteiger partial charge is 0.542 e. The van der Waals surface area contributed by atoms with Crippen molar-refractivity contribution in [3.05, 3.63) is 190 Å². The number of alkyl carbamates (subject to hydrolysis) is 1. The van der Waals surface area contributed by atoms with E-state index in [4.69, 9.17) is 101 Å².